The molecule has 6 nitrogen and oxygen atoms in total. The largest absolute Gasteiger partial charge is 0.488 e. The molecule has 1 aliphatic rings. The van der Waals surface area contributed by atoms with Crippen LogP contribution in [-0.2, 0) is 19.6 Å². The van der Waals surface area contributed by atoms with Gasteiger partial charge >= 0.3 is 0 Å². The summed E-state index contributed by atoms with van der Waals surface area (Å²) in [7, 11) is 0. The molecular formula is C37H28O6. The smallest absolute Gasteiger partial charge is 0.231 e. The van der Waals surface area contributed by atoms with E-state index in [1.54, 1.807) is 0 Å². The lowest BCUT2D eigenvalue weighted by molar-refractivity contribution is 0.174. The van der Waals surface area contributed by atoms with E-state index in [-0.39, 0.29) is 18.8 Å². The van der Waals surface area contributed by atoms with Crippen molar-refractivity contribution >= 4 is 11.0 Å². The van der Waals surface area contributed by atoms with Gasteiger partial charge < -0.3 is 23.4 Å². The first-order chi connectivity index (χ1) is 21.2. The van der Waals surface area contributed by atoms with Gasteiger partial charge in [-0.3, -0.25) is 4.79 Å². The van der Waals surface area contributed by atoms with Crippen LogP contribution in [0.15, 0.2) is 131 Å². The second-order valence-electron chi connectivity index (χ2n) is 10.3. The van der Waals surface area contributed by atoms with Crippen LogP contribution in [0.1, 0.15) is 22.3 Å². The molecule has 212 valence electrons. The van der Waals surface area contributed by atoms with E-state index in [0.29, 0.717) is 58.3 Å². The molecule has 0 amide bonds. The Morgan fingerprint density at radius 2 is 1.21 bits per heavy atom. The molecule has 0 saturated carbocycles. The van der Waals surface area contributed by atoms with Gasteiger partial charge in [0.25, 0.3) is 0 Å². The summed E-state index contributed by atoms with van der Waals surface area (Å²) in [5.74, 6) is 2.68. The van der Waals surface area contributed by atoms with Crippen LogP contribution >= 0.6 is 0 Å². The molecule has 0 saturated heterocycles. The second-order valence-corrected chi connectivity index (χ2v) is 10.3. The van der Waals surface area contributed by atoms with Crippen molar-refractivity contribution in [1.29, 1.82) is 0 Å². The molecule has 0 bridgehead atoms. The van der Waals surface area contributed by atoms with Crippen molar-refractivity contribution in [3.05, 3.63) is 154 Å². The summed E-state index contributed by atoms with van der Waals surface area (Å²) in [6, 6.07) is 38.7. The maximum atomic E-state index is 13.9. The number of benzene rings is 5. The summed E-state index contributed by atoms with van der Waals surface area (Å²) >= 11 is 0. The standard InChI is InChI=1S/C37H28O6/c38-30-20-32(28-16-17-31-34(19-28)42-24-41-31)43-37-29(18-25-10-4-1-5-11-25)33(39-22-26-12-6-2-7-13-26)21-35(36(30)37)40-23-27-14-8-3-9-15-27/h1-17,19-21H,18,22-24H2. The highest BCUT2D eigenvalue weighted by Crippen LogP contribution is 2.40. The van der Waals surface area contributed by atoms with E-state index in [0.717, 1.165) is 22.3 Å². The topological polar surface area (TPSA) is 67.1 Å². The van der Waals surface area contributed by atoms with Crippen LogP contribution in [0.4, 0.5) is 0 Å². The van der Waals surface area contributed by atoms with Gasteiger partial charge in [0, 0.05) is 29.7 Å². The van der Waals surface area contributed by atoms with Crippen LogP contribution in [0.3, 0.4) is 0 Å². The third kappa shape index (κ3) is 5.68. The molecule has 0 unspecified atom stereocenters. The average molecular weight is 569 g/mol. The molecule has 6 heteroatoms. The van der Waals surface area contributed by atoms with Gasteiger partial charge in [-0.25, -0.2) is 0 Å². The monoisotopic (exact) mass is 568 g/mol. The average Bonchev–Trinajstić information content (AvgIpc) is 3.53. The van der Waals surface area contributed by atoms with Crippen molar-refractivity contribution in [2.24, 2.45) is 0 Å². The van der Waals surface area contributed by atoms with Crippen LogP contribution in [0, 0.1) is 0 Å². The zero-order valence-electron chi connectivity index (χ0n) is 23.3. The maximum absolute atomic E-state index is 13.9. The number of ether oxygens (including phenoxy) is 4. The van der Waals surface area contributed by atoms with Crippen molar-refractivity contribution in [3.8, 4) is 34.3 Å². The number of rotatable bonds is 9. The summed E-state index contributed by atoms with van der Waals surface area (Å²) in [4.78, 5) is 13.9. The van der Waals surface area contributed by atoms with Crippen LogP contribution < -0.4 is 24.4 Å². The Balaban J connectivity index is 1.40. The van der Waals surface area contributed by atoms with E-state index >= 15 is 0 Å². The third-order valence-corrected chi connectivity index (χ3v) is 7.38. The Bertz CT molecular complexity index is 1930. The van der Waals surface area contributed by atoms with Gasteiger partial charge in [0.05, 0.1) is 0 Å². The zero-order chi connectivity index (χ0) is 29.0. The summed E-state index contributed by atoms with van der Waals surface area (Å²) < 4.78 is 30.5. The van der Waals surface area contributed by atoms with Gasteiger partial charge in [-0.1, -0.05) is 91.0 Å². The number of hydrogen-bond acceptors (Lipinski definition) is 6. The number of fused-ring (bicyclic) bond motifs is 2. The summed E-state index contributed by atoms with van der Waals surface area (Å²) in [6.45, 7) is 0.791. The summed E-state index contributed by atoms with van der Waals surface area (Å²) in [6.07, 6.45) is 0.494. The Morgan fingerprint density at radius 1 is 0.605 bits per heavy atom. The van der Waals surface area contributed by atoms with Gasteiger partial charge in [0.1, 0.15) is 41.4 Å². The van der Waals surface area contributed by atoms with Crippen molar-refractivity contribution in [2.45, 2.75) is 19.6 Å². The SMILES string of the molecule is O=c1cc(-c2ccc3c(c2)OCO3)oc2c(Cc3ccccc3)c(OCc3ccccc3)cc(OCc3ccccc3)c12. The van der Waals surface area contributed by atoms with Crippen LogP contribution in [-0.4, -0.2) is 6.79 Å². The maximum Gasteiger partial charge on any atom is 0.231 e. The van der Waals surface area contributed by atoms with E-state index in [4.69, 9.17) is 23.4 Å². The molecule has 1 aliphatic heterocycles. The molecule has 0 spiro atoms. The minimum atomic E-state index is -0.208. The Kier molecular flexibility index (Phi) is 7.24. The quantitative estimate of drug-likeness (QED) is 0.176. The van der Waals surface area contributed by atoms with Gasteiger partial charge in [-0.15, -0.1) is 0 Å². The van der Waals surface area contributed by atoms with E-state index < -0.39 is 0 Å². The molecule has 0 atom stereocenters. The van der Waals surface area contributed by atoms with E-state index in [9.17, 15) is 4.79 Å². The highest BCUT2D eigenvalue weighted by atomic mass is 16.7. The first kappa shape index (κ1) is 26.4. The first-order valence-electron chi connectivity index (χ1n) is 14.1. The molecule has 43 heavy (non-hydrogen) atoms. The van der Waals surface area contributed by atoms with E-state index in [1.807, 2.05) is 115 Å². The molecule has 0 N–H and O–H groups in total. The van der Waals surface area contributed by atoms with Gasteiger partial charge in [-0.05, 0) is 34.9 Å². The fraction of sp³-hybridized carbons (Fsp3) is 0.108. The minimum absolute atomic E-state index is 0.159. The molecule has 2 heterocycles. The van der Waals surface area contributed by atoms with Crippen molar-refractivity contribution in [3.63, 3.8) is 0 Å². The van der Waals surface area contributed by atoms with Crippen molar-refractivity contribution in [1.82, 2.24) is 0 Å². The van der Waals surface area contributed by atoms with Crippen molar-refractivity contribution < 1.29 is 23.4 Å². The van der Waals surface area contributed by atoms with E-state index in [1.165, 1.54) is 6.07 Å². The van der Waals surface area contributed by atoms with Crippen LogP contribution in [0.25, 0.3) is 22.3 Å². The van der Waals surface area contributed by atoms with Gasteiger partial charge in [-0.2, -0.15) is 0 Å². The first-order valence-corrected chi connectivity index (χ1v) is 14.1. The lowest BCUT2D eigenvalue weighted by Gasteiger charge is -2.18. The van der Waals surface area contributed by atoms with E-state index in [2.05, 4.69) is 0 Å². The Labute approximate surface area is 248 Å². The summed E-state index contributed by atoms with van der Waals surface area (Å²) in [5, 5.41) is 0.374. The lowest BCUT2D eigenvalue weighted by Crippen LogP contribution is -2.09. The number of hydrogen-bond donors (Lipinski definition) is 0. The predicted octanol–water partition coefficient (Wildman–Crippen LogP) is 7.94. The fourth-order valence-electron chi connectivity index (χ4n) is 5.20. The Hall–Kier alpha value is -5.49. The predicted molar refractivity (Wildman–Crippen MR) is 165 cm³/mol. The zero-order valence-corrected chi connectivity index (χ0v) is 23.3. The van der Waals surface area contributed by atoms with Crippen molar-refractivity contribution in [2.75, 3.05) is 6.79 Å². The minimum Gasteiger partial charge on any atom is -0.488 e. The highest BCUT2D eigenvalue weighted by Gasteiger charge is 2.22. The normalized spacial score (nSPS) is 11.9. The molecule has 5 aromatic carbocycles. The molecule has 1 aromatic heterocycles. The summed E-state index contributed by atoms with van der Waals surface area (Å²) in [5.41, 5.74) is 4.76. The third-order valence-electron chi connectivity index (χ3n) is 7.38. The fourth-order valence-corrected chi connectivity index (χ4v) is 5.20. The molecule has 0 fully saturated rings. The van der Waals surface area contributed by atoms with Crippen LogP contribution in [0.2, 0.25) is 0 Å². The Morgan fingerprint density at radius 3 is 1.88 bits per heavy atom. The lowest BCUT2D eigenvalue weighted by atomic mass is 10.00. The van der Waals surface area contributed by atoms with Gasteiger partial charge in [0.2, 0.25) is 6.79 Å². The van der Waals surface area contributed by atoms with Crippen LogP contribution in [0.5, 0.6) is 23.0 Å². The highest BCUT2D eigenvalue weighted by molar-refractivity contribution is 5.90. The molecular weight excluding hydrogens is 540 g/mol. The molecule has 7 rings (SSSR count). The second kappa shape index (κ2) is 11.8. The molecule has 6 aromatic rings. The molecule has 0 aliphatic carbocycles. The van der Waals surface area contributed by atoms with Gasteiger partial charge in [0.15, 0.2) is 16.9 Å². The molecule has 0 radical (unpaired) electrons.